The Morgan fingerprint density at radius 3 is 2.80 bits per heavy atom. The number of aromatic nitrogens is 2. The molecule has 0 saturated heterocycles. The van der Waals surface area contributed by atoms with Crippen LogP contribution < -0.4 is 0 Å². The van der Waals surface area contributed by atoms with Gasteiger partial charge in [0.1, 0.15) is 0 Å². The first-order valence-corrected chi connectivity index (χ1v) is 1.44. The van der Waals surface area contributed by atoms with Gasteiger partial charge in [-0.1, -0.05) is 0 Å². The first kappa shape index (κ1) is 2.45. The van der Waals surface area contributed by atoms with E-state index in [0.29, 0.717) is 0 Å². The lowest BCUT2D eigenvalue weighted by Crippen LogP contribution is -1.53. The summed E-state index contributed by atoms with van der Waals surface area (Å²) in [6.07, 6.45) is 3.46. The van der Waals surface area contributed by atoms with Gasteiger partial charge in [-0.15, -0.1) is 0 Å². The monoisotopic (exact) mass is 71.0 g/mol. The first-order valence-electron chi connectivity index (χ1n) is 1.44. The van der Waals surface area contributed by atoms with Crippen molar-refractivity contribution in [1.29, 1.82) is 0 Å². The molecule has 0 amide bonds. The Balaban J connectivity index is 3.13. The second kappa shape index (κ2) is 0.885. The third-order valence-electron chi connectivity index (χ3n) is 0.406. The van der Waals surface area contributed by atoms with Gasteiger partial charge in [-0.2, -0.15) is 5.10 Å². The third-order valence-corrected chi connectivity index (χ3v) is 0.406. The van der Waals surface area contributed by atoms with Gasteiger partial charge in [0.05, 0.1) is 0 Å². The van der Waals surface area contributed by atoms with Crippen molar-refractivity contribution in [1.82, 2.24) is 10.2 Å². The molecule has 1 N–H and O–H groups in total. The van der Waals surface area contributed by atoms with Crippen molar-refractivity contribution in [2.24, 2.45) is 0 Å². The van der Waals surface area contributed by atoms with Crippen molar-refractivity contribution >= 4 is 0 Å². The maximum atomic E-state index is 3.60. The van der Waals surface area contributed by atoms with Crippen LogP contribution in [0.4, 0.5) is 0 Å². The first-order chi connectivity index (χ1) is 2.50. The minimum Gasteiger partial charge on any atom is -0.286 e. The second-order valence-electron chi connectivity index (χ2n) is 0.766. The topological polar surface area (TPSA) is 28.7 Å². The molecule has 0 bridgehead atoms. The highest BCUT2D eigenvalue weighted by molar-refractivity contribution is 4.72. The van der Waals surface area contributed by atoms with E-state index in [9.17, 15) is 0 Å². The predicted molar refractivity (Wildman–Crippen MR) is 18.6 cm³/mol. The van der Waals surface area contributed by atoms with Crippen molar-refractivity contribution < 1.29 is 0 Å². The largest absolute Gasteiger partial charge is 0.286 e. The summed E-state index contributed by atoms with van der Waals surface area (Å²) in [5.74, 6) is 0. The third kappa shape index (κ3) is 0.265. The molecule has 1 heterocycles. The van der Waals surface area contributed by atoms with E-state index in [0.717, 1.165) is 0 Å². The zero-order valence-electron chi connectivity index (χ0n) is 2.68. The average Bonchev–Trinajstić information content (AvgIpc) is 1.76. The number of aromatic amines is 1. The standard InChI is InChI=1S/C3H4N2/c1-2-4-5-3-1/h1-3H,(H,4,5)/i1+1,2+1,3+1. The Labute approximate surface area is 29.8 Å². The summed E-state index contributed by atoms with van der Waals surface area (Å²) >= 11 is 0. The Hall–Kier alpha value is -0.790. The number of rotatable bonds is 0. The number of nitrogens with zero attached hydrogens (tertiary/aromatic N) is 1. The molecular formula is C3H4N2. The van der Waals surface area contributed by atoms with Crippen molar-refractivity contribution in [3.8, 4) is 0 Å². The fourth-order valence-electron chi connectivity index (χ4n) is 0.215. The molecule has 0 aliphatic rings. The van der Waals surface area contributed by atoms with Gasteiger partial charge < -0.3 is 0 Å². The number of nitrogens with one attached hydrogen (secondary N) is 1. The zero-order valence-corrected chi connectivity index (χ0v) is 2.68. The molecule has 0 saturated carbocycles. The fraction of sp³-hybridized carbons (Fsp3) is 0. The van der Waals surface area contributed by atoms with Gasteiger partial charge in [0, 0.05) is 12.4 Å². The van der Waals surface area contributed by atoms with Gasteiger partial charge >= 0.3 is 0 Å². The Morgan fingerprint density at radius 1 is 1.60 bits per heavy atom. The molecule has 26 valence electrons. The SMILES string of the molecule is [13cH]1[13cH]n[nH][13cH]1. The molecular weight excluding hydrogens is 67.0 g/mol. The van der Waals surface area contributed by atoms with Crippen molar-refractivity contribution in [2.75, 3.05) is 0 Å². The molecule has 0 radical (unpaired) electrons. The highest BCUT2D eigenvalue weighted by atomic mass is 15.2. The molecule has 0 aliphatic heterocycles. The van der Waals surface area contributed by atoms with Crippen molar-refractivity contribution in [2.45, 2.75) is 0 Å². The average molecular weight is 71.1 g/mol. The van der Waals surface area contributed by atoms with Crippen LogP contribution in [-0.2, 0) is 0 Å². The highest BCUT2D eigenvalue weighted by Gasteiger charge is 1.56. The summed E-state index contributed by atoms with van der Waals surface area (Å²) in [5, 5.41) is 6.21. The minimum absolute atomic E-state index is 1.69. The van der Waals surface area contributed by atoms with E-state index in [4.69, 9.17) is 0 Å². The molecule has 0 aliphatic carbocycles. The van der Waals surface area contributed by atoms with Gasteiger partial charge in [0.15, 0.2) is 0 Å². The molecule has 0 unspecified atom stereocenters. The van der Waals surface area contributed by atoms with Crippen LogP contribution in [0.5, 0.6) is 0 Å². The second-order valence-corrected chi connectivity index (χ2v) is 0.766. The summed E-state index contributed by atoms with van der Waals surface area (Å²) in [4.78, 5) is 0. The van der Waals surface area contributed by atoms with E-state index in [1.165, 1.54) is 0 Å². The molecule has 1 aromatic rings. The molecule has 1 rings (SSSR count). The predicted octanol–water partition coefficient (Wildman–Crippen LogP) is 0.410. The molecule has 2 nitrogen and oxygen atoms in total. The molecule has 5 heavy (non-hydrogen) atoms. The zero-order chi connectivity index (χ0) is 3.54. The maximum absolute atomic E-state index is 3.60. The van der Waals surface area contributed by atoms with E-state index in [-0.39, 0.29) is 0 Å². The smallest absolute Gasteiger partial charge is 0.0487 e. The van der Waals surface area contributed by atoms with Crippen molar-refractivity contribution in [3.63, 3.8) is 0 Å². The maximum Gasteiger partial charge on any atom is 0.0487 e. The molecule has 0 fully saturated rings. The quantitative estimate of drug-likeness (QED) is 0.471. The van der Waals surface area contributed by atoms with Crippen molar-refractivity contribution in [3.05, 3.63) is 18.5 Å². The van der Waals surface area contributed by atoms with Gasteiger partial charge in [-0.05, 0) is 6.07 Å². The molecule has 0 atom stereocenters. The van der Waals surface area contributed by atoms with Crippen LogP contribution in [0.2, 0.25) is 0 Å². The van der Waals surface area contributed by atoms with Crippen LogP contribution in [0.3, 0.4) is 0 Å². The van der Waals surface area contributed by atoms with E-state index >= 15 is 0 Å². The van der Waals surface area contributed by atoms with Gasteiger partial charge in [-0.3, -0.25) is 5.10 Å². The van der Waals surface area contributed by atoms with Crippen LogP contribution in [0.15, 0.2) is 18.5 Å². The Kier molecular flexibility index (Phi) is 0.433. The fourth-order valence-corrected chi connectivity index (χ4v) is 0.215. The lowest BCUT2D eigenvalue weighted by molar-refractivity contribution is 1.09. The number of hydrogen-bond donors (Lipinski definition) is 1. The number of H-pyrrole nitrogens is 1. The minimum atomic E-state index is 1.69. The van der Waals surface area contributed by atoms with E-state index in [1.54, 1.807) is 12.4 Å². The summed E-state index contributed by atoms with van der Waals surface area (Å²) in [7, 11) is 0. The van der Waals surface area contributed by atoms with Crippen LogP contribution >= 0.6 is 0 Å². The highest BCUT2D eigenvalue weighted by Crippen LogP contribution is 1.64. The van der Waals surface area contributed by atoms with Gasteiger partial charge in [0.25, 0.3) is 0 Å². The number of hydrogen-bond acceptors (Lipinski definition) is 1. The summed E-state index contributed by atoms with van der Waals surface area (Å²) in [5.41, 5.74) is 0. The summed E-state index contributed by atoms with van der Waals surface area (Å²) in [6.45, 7) is 0. The molecule has 0 spiro atoms. The van der Waals surface area contributed by atoms with Gasteiger partial charge in [0.2, 0.25) is 0 Å². The van der Waals surface area contributed by atoms with E-state index < -0.39 is 0 Å². The van der Waals surface area contributed by atoms with Crippen LogP contribution in [0.25, 0.3) is 0 Å². The molecule has 0 aromatic carbocycles. The normalized spacial score (nSPS) is 8.00. The van der Waals surface area contributed by atoms with Crippen LogP contribution in [0.1, 0.15) is 0 Å². The van der Waals surface area contributed by atoms with Crippen LogP contribution in [0, 0.1) is 0 Å². The lowest BCUT2D eigenvalue weighted by atomic mass is 11.7. The summed E-state index contributed by atoms with van der Waals surface area (Å²) in [6, 6.07) is 1.83. The van der Waals surface area contributed by atoms with Crippen LogP contribution in [-0.4, -0.2) is 10.2 Å². The van der Waals surface area contributed by atoms with E-state index in [2.05, 4.69) is 10.2 Å². The van der Waals surface area contributed by atoms with Gasteiger partial charge in [-0.25, -0.2) is 0 Å². The Morgan fingerprint density at radius 2 is 2.60 bits per heavy atom. The van der Waals surface area contributed by atoms with E-state index in [1.807, 2.05) is 6.07 Å². The summed E-state index contributed by atoms with van der Waals surface area (Å²) < 4.78 is 0. The lowest BCUT2D eigenvalue weighted by Gasteiger charge is -1.49. The molecule has 2 heteroatoms. The Bertz CT molecular complexity index is 61.4. The molecule has 1 aromatic heterocycles.